The van der Waals surface area contributed by atoms with Gasteiger partial charge in [-0.25, -0.2) is 0 Å². The molecule has 0 radical (unpaired) electrons. The van der Waals surface area contributed by atoms with Crippen LogP contribution in [0.3, 0.4) is 0 Å². The Bertz CT molecular complexity index is 132. The highest BCUT2D eigenvalue weighted by Gasteiger charge is 2.26. The highest BCUT2D eigenvalue weighted by Crippen LogP contribution is 2.28. The van der Waals surface area contributed by atoms with E-state index in [1.807, 2.05) is 0 Å². The molecule has 1 fully saturated rings. The zero-order chi connectivity index (χ0) is 9.84. The quantitative estimate of drug-likeness (QED) is 0.709. The van der Waals surface area contributed by atoms with Crippen LogP contribution in [-0.2, 0) is 0 Å². The Kier molecular flexibility index (Phi) is 4.24. The first-order valence-corrected chi connectivity index (χ1v) is 5.84. The van der Waals surface area contributed by atoms with Crippen molar-refractivity contribution in [3.63, 3.8) is 0 Å². The molecule has 0 aliphatic heterocycles. The van der Waals surface area contributed by atoms with E-state index in [4.69, 9.17) is 0 Å². The molecule has 0 saturated heterocycles. The van der Waals surface area contributed by atoms with E-state index in [1.54, 1.807) is 0 Å². The lowest BCUT2D eigenvalue weighted by Crippen LogP contribution is -2.44. The van der Waals surface area contributed by atoms with Crippen molar-refractivity contribution < 1.29 is 0 Å². The van der Waals surface area contributed by atoms with Crippen molar-refractivity contribution in [3.05, 3.63) is 0 Å². The summed E-state index contributed by atoms with van der Waals surface area (Å²) >= 11 is 0. The van der Waals surface area contributed by atoms with Gasteiger partial charge >= 0.3 is 0 Å². The van der Waals surface area contributed by atoms with Gasteiger partial charge in [0.25, 0.3) is 0 Å². The largest absolute Gasteiger partial charge is 0.313 e. The number of rotatable bonds is 3. The smallest absolute Gasteiger partial charge is 0.0118 e. The SMILES string of the molecule is CC(C)CNC1[C@H](C)CCC[C@@H]1C. The lowest BCUT2D eigenvalue weighted by atomic mass is 9.78. The fraction of sp³-hybridized carbons (Fsp3) is 1.00. The lowest BCUT2D eigenvalue weighted by molar-refractivity contribution is 0.204. The summed E-state index contributed by atoms with van der Waals surface area (Å²) < 4.78 is 0. The predicted molar refractivity (Wildman–Crippen MR) is 58.8 cm³/mol. The zero-order valence-corrected chi connectivity index (χ0v) is 9.64. The second-order valence-corrected chi connectivity index (χ2v) is 5.21. The van der Waals surface area contributed by atoms with Crippen molar-refractivity contribution in [2.75, 3.05) is 6.54 Å². The van der Waals surface area contributed by atoms with Crippen molar-refractivity contribution in [1.29, 1.82) is 0 Å². The van der Waals surface area contributed by atoms with Crippen LogP contribution in [0, 0.1) is 17.8 Å². The van der Waals surface area contributed by atoms with Crippen molar-refractivity contribution >= 4 is 0 Å². The second kappa shape index (κ2) is 4.99. The molecule has 1 nitrogen and oxygen atoms in total. The van der Waals surface area contributed by atoms with E-state index in [0.29, 0.717) is 0 Å². The monoisotopic (exact) mass is 183 g/mol. The first-order valence-electron chi connectivity index (χ1n) is 5.84. The molecule has 0 spiro atoms. The van der Waals surface area contributed by atoms with E-state index in [2.05, 4.69) is 33.0 Å². The Morgan fingerprint density at radius 3 is 2.15 bits per heavy atom. The summed E-state index contributed by atoms with van der Waals surface area (Å²) in [6.07, 6.45) is 4.27. The summed E-state index contributed by atoms with van der Waals surface area (Å²) in [7, 11) is 0. The van der Waals surface area contributed by atoms with E-state index < -0.39 is 0 Å². The summed E-state index contributed by atoms with van der Waals surface area (Å²) in [5.41, 5.74) is 0. The summed E-state index contributed by atoms with van der Waals surface area (Å²) in [6, 6.07) is 0.774. The highest BCUT2D eigenvalue weighted by molar-refractivity contribution is 4.83. The summed E-state index contributed by atoms with van der Waals surface area (Å²) in [5.74, 6) is 2.53. The lowest BCUT2D eigenvalue weighted by Gasteiger charge is -2.35. The van der Waals surface area contributed by atoms with Gasteiger partial charge in [0.05, 0.1) is 0 Å². The Hall–Kier alpha value is -0.0400. The number of nitrogens with one attached hydrogen (secondary N) is 1. The maximum Gasteiger partial charge on any atom is 0.0118 e. The van der Waals surface area contributed by atoms with Gasteiger partial charge < -0.3 is 5.32 Å². The molecule has 0 heterocycles. The van der Waals surface area contributed by atoms with Crippen molar-refractivity contribution in [2.45, 2.75) is 53.0 Å². The van der Waals surface area contributed by atoms with Crippen molar-refractivity contribution in [3.8, 4) is 0 Å². The van der Waals surface area contributed by atoms with Crippen LogP contribution >= 0.6 is 0 Å². The molecule has 0 bridgehead atoms. The molecule has 78 valence electrons. The maximum atomic E-state index is 3.72. The molecule has 13 heavy (non-hydrogen) atoms. The molecule has 1 aliphatic carbocycles. The Balaban J connectivity index is 2.35. The molecular weight excluding hydrogens is 158 g/mol. The molecule has 1 rings (SSSR count). The average molecular weight is 183 g/mol. The third kappa shape index (κ3) is 3.30. The van der Waals surface area contributed by atoms with E-state index in [0.717, 1.165) is 23.8 Å². The van der Waals surface area contributed by atoms with E-state index in [1.165, 1.54) is 25.8 Å². The molecule has 3 atom stereocenters. The van der Waals surface area contributed by atoms with Crippen LogP contribution in [-0.4, -0.2) is 12.6 Å². The van der Waals surface area contributed by atoms with Crippen LogP contribution < -0.4 is 5.32 Å². The van der Waals surface area contributed by atoms with Gasteiger partial charge in [-0.1, -0.05) is 34.1 Å². The maximum absolute atomic E-state index is 3.72. The van der Waals surface area contributed by atoms with E-state index in [9.17, 15) is 0 Å². The number of hydrogen-bond acceptors (Lipinski definition) is 1. The van der Waals surface area contributed by atoms with Gasteiger partial charge in [0.15, 0.2) is 0 Å². The first-order chi connectivity index (χ1) is 6.11. The molecule has 0 aromatic heterocycles. The third-order valence-corrected chi connectivity index (χ3v) is 3.31. The topological polar surface area (TPSA) is 12.0 Å². The number of hydrogen-bond donors (Lipinski definition) is 1. The van der Waals surface area contributed by atoms with Gasteiger partial charge in [-0.2, -0.15) is 0 Å². The fourth-order valence-electron chi connectivity index (χ4n) is 2.46. The molecule has 1 saturated carbocycles. The van der Waals surface area contributed by atoms with Crippen LogP contribution in [0.5, 0.6) is 0 Å². The normalized spacial score (nSPS) is 35.3. The average Bonchev–Trinajstić information content (AvgIpc) is 2.03. The van der Waals surface area contributed by atoms with Crippen LogP contribution in [0.25, 0.3) is 0 Å². The molecule has 1 N–H and O–H groups in total. The van der Waals surface area contributed by atoms with Gasteiger partial charge in [0.2, 0.25) is 0 Å². The standard InChI is InChI=1S/C12H25N/c1-9(2)8-13-12-10(3)6-5-7-11(12)4/h9-13H,5-8H2,1-4H3/t10-,11+,12?. The summed E-state index contributed by atoms with van der Waals surface area (Å²) in [4.78, 5) is 0. The van der Waals surface area contributed by atoms with Crippen molar-refractivity contribution in [2.24, 2.45) is 17.8 Å². The minimum Gasteiger partial charge on any atom is -0.313 e. The van der Waals surface area contributed by atoms with Crippen LogP contribution in [0.2, 0.25) is 0 Å². The van der Waals surface area contributed by atoms with Crippen LogP contribution in [0.1, 0.15) is 47.0 Å². The third-order valence-electron chi connectivity index (χ3n) is 3.31. The molecule has 0 aromatic carbocycles. The fourth-order valence-corrected chi connectivity index (χ4v) is 2.46. The Labute approximate surface area is 83.3 Å². The minimum absolute atomic E-state index is 0.774. The van der Waals surface area contributed by atoms with E-state index >= 15 is 0 Å². The van der Waals surface area contributed by atoms with Gasteiger partial charge in [-0.15, -0.1) is 0 Å². The molecular formula is C12H25N. The van der Waals surface area contributed by atoms with Gasteiger partial charge in [0.1, 0.15) is 0 Å². The van der Waals surface area contributed by atoms with Crippen LogP contribution in [0.4, 0.5) is 0 Å². The Morgan fingerprint density at radius 2 is 1.69 bits per heavy atom. The first kappa shape index (κ1) is 11.0. The van der Waals surface area contributed by atoms with E-state index in [-0.39, 0.29) is 0 Å². The van der Waals surface area contributed by atoms with Crippen molar-refractivity contribution in [1.82, 2.24) is 5.32 Å². The van der Waals surface area contributed by atoms with Gasteiger partial charge in [-0.05, 0) is 37.1 Å². The highest BCUT2D eigenvalue weighted by atomic mass is 14.9. The molecule has 1 heteroatoms. The molecule has 0 aromatic rings. The predicted octanol–water partition coefficient (Wildman–Crippen LogP) is 3.06. The van der Waals surface area contributed by atoms with Crippen LogP contribution in [0.15, 0.2) is 0 Å². The molecule has 1 unspecified atom stereocenters. The van der Waals surface area contributed by atoms with Gasteiger partial charge in [-0.3, -0.25) is 0 Å². The molecule has 0 amide bonds. The zero-order valence-electron chi connectivity index (χ0n) is 9.64. The van der Waals surface area contributed by atoms with Gasteiger partial charge in [0, 0.05) is 6.04 Å². The molecule has 1 aliphatic rings. The minimum atomic E-state index is 0.774. The second-order valence-electron chi connectivity index (χ2n) is 5.21. The summed E-state index contributed by atoms with van der Waals surface area (Å²) in [5, 5.41) is 3.72. The Morgan fingerprint density at radius 1 is 1.15 bits per heavy atom. The summed E-state index contributed by atoms with van der Waals surface area (Å²) in [6.45, 7) is 10.5.